The molecule has 0 saturated heterocycles. The van der Waals surface area contributed by atoms with Crippen LogP contribution in [-0.4, -0.2) is 23.3 Å². The summed E-state index contributed by atoms with van der Waals surface area (Å²) in [5, 5.41) is 11.9. The maximum absolute atomic E-state index is 8.76. The Morgan fingerprint density at radius 2 is 2.10 bits per heavy atom. The number of fused-ring (bicyclic) bond motifs is 1. The molecule has 6 nitrogen and oxygen atoms in total. The highest BCUT2D eigenvalue weighted by Crippen LogP contribution is 2.32. The number of nitrogens with one attached hydrogen (secondary N) is 1. The van der Waals surface area contributed by atoms with Gasteiger partial charge in [-0.05, 0) is 24.1 Å². The van der Waals surface area contributed by atoms with Gasteiger partial charge in [0.1, 0.15) is 23.9 Å². The maximum atomic E-state index is 8.76. The number of anilines is 1. The van der Waals surface area contributed by atoms with Gasteiger partial charge in [-0.1, -0.05) is 6.07 Å². The van der Waals surface area contributed by atoms with Crippen molar-refractivity contribution in [2.24, 2.45) is 0 Å². The van der Waals surface area contributed by atoms with E-state index in [9.17, 15) is 0 Å². The highest BCUT2D eigenvalue weighted by molar-refractivity contribution is 5.45. The monoisotopic (exact) mass is 268 g/mol. The van der Waals surface area contributed by atoms with Gasteiger partial charge < -0.3 is 14.8 Å². The first-order chi connectivity index (χ1) is 9.85. The Morgan fingerprint density at radius 1 is 1.20 bits per heavy atom. The van der Waals surface area contributed by atoms with E-state index in [4.69, 9.17) is 14.7 Å². The summed E-state index contributed by atoms with van der Waals surface area (Å²) in [5.41, 5.74) is 1.50. The summed E-state index contributed by atoms with van der Waals surface area (Å²) in [4.78, 5) is 7.88. The molecule has 6 heteroatoms. The Labute approximate surface area is 116 Å². The van der Waals surface area contributed by atoms with Crippen LogP contribution in [0.5, 0.6) is 11.5 Å². The fourth-order valence-corrected chi connectivity index (χ4v) is 1.95. The quantitative estimate of drug-likeness (QED) is 0.909. The van der Waals surface area contributed by atoms with Gasteiger partial charge in [0, 0.05) is 12.6 Å². The van der Waals surface area contributed by atoms with Crippen molar-refractivity contribution >= 4 is 5.82 Å². The molecule has 1 N–H and O–H groups in total. The fraction of sp³-hybridized carbons (Fsp3) is 0.214. The van der Waals surface area contributed by atoms with Gasteiger partial charge in [-0.15, -0.1) is 0 Å². The summed E-state index contributed by atoms with van der Waals surface area (Å²) < 4.78 is 10.6. The number of nitriles is 1. The van der Waals surface area contributed by atoms with Crippen molar-refractivity contribution in [3.05, 3.63) is 41.9 Å². The van der Waals surface area contributed by atoms with Crippen molar-refractivity contribution in [1.82, 2.24) is 9.97 Å². The van der Waals surface area contributed by atoms with Crippen molar-refractivity contribution in [2.45, 2.75) is 6.42 Å². The van der Waals surface area contributed by atoms with E-state index in [1.165, 1.54) is 6.33 Å². The van der Waals surface area contributed by atoms with Crippen molar-refractivity contribution < 1.29 is 9.47 Å². The minimum atomic E-state index is 0.287. The summed E-state index contributed by atoms with van der Waals surface area (Å²) in [6.45, 7) is 0.996. The van der Waals surface area contributed by atoms with Crippen LogP contribution in [-0.2, 0) is 6.42 Å². The van der Waals surface area contributed by atoms with Gasteiger partial charge in [0.2, 0.25) is 6.79 Å². The van der Waals surface area contributed by atoms with E-state index in [0.717, 1.165) is 23.5 Å². The van der Waals surface area contributed by atoms with E-state index in [1.807, 2.05) is 24.3 Å². The van der Waals surface area contributed by atoms with Crippen molar-refractivity contribution in [3.63, 3.8) is 0 Å². The standard InChI is InChI=1S/C14H12N4O2/c15-7-11-6-14(18-8-17-11)16-4-3-10-1-2-12-13(5-10)20-9-19-12/h1-2,5-6,8H,3-4,9H2,(H,16,17,18). The van der Waals surface area contributed by atoms with E-state index in [0.29, 0.717) is 18.1 Å². The van der Waals surface area contributed by atoms with Gasteiger partial charge in [0.15, 0.2) is 11.5 Å². The third kappa shape index (κ3) is 2.62. The minimum Gasteiger partial charge on any atom is -0.454 e. The van der Waals surface area contributed by atoms with Crippen LogP contribution in [0.2, 0.25) is 0 Å². The average molecular weight is 268 g/mol. The molecular formula is C14H12N4O2. The molecule has 100 valence electrons. The van der Waals surface area contributed by atoms with E-state index in [-0.39, 0.29) is 6.79 Å². The number of benzene rings is 1. The van der Waals surface area contributed by atoms with Crippen molar-refractivity contribution in [2.75, 3.05) is 18.7 Å². The topological polar surface area (TPSA) is 80.1 Å². The lowest BCUT2D eigenvalue weighted by atomic mass is 10.1. The lowest BCUT2D eigenvalue weighted by Gasteiger charge is -2.06. The van der Waals surface area contributed by atoms with Gasteiger partial charge in [-0.3, -0.25) is 0 Å². The summed E-state index contributed by atoms with van der Waals surface area (Å²) in [5.74, 6) is 2.23. The highest BCUT2D eigenvalue weighted by Gasteiger charge is 2.12. The fourth-order valence-electron chi connectivity index (χ4n) is 1.95. The first kappa shape index (κ1) is 12.2. The molecule has 0 atom stereocenters. The number of rotatable bonds is 4. The van der Waals surface area contributed by atoms with Gasteiger partial charge in [-0.2, -0.15) is 5.26 Å². The van der Waals surface area contributed by atoms with Crippen LogP contribution in [0.3, 0.4) is 0 Å². The first-order valence-electron chi connectivity index (χ1n) is 6.20. The molecule has 0 amide bonds. The van der Waals surface area contributed by atoms with Crippen LogP contribution < -0.4 is 14.8 Å². The summed E-state index contributed by atoms with van der Waals surface area (Å²) >= 11 is 0. The second-order valence-electron chi connectivity index (χ2n) is 4.26. The van der Waals surface area contributed by atoms with Crippen LogP contribution in [0.1, 0.15) is 11.3 Å². The Hall–Kier alpha value is -2.81. The summed E-state index contributed by atoms with van der Waals surface area (Å²) in [7, 11) is 0. The highest BCUT2D eigenvalue weighted by atomic mass is 16.7. The molecular weight excluding hydrogens is 256 g/mol. The summed E-state index contributed by atoms with van der Waals surface area (Å²) in [6.07, 6.45) is 2.20. The molecule has 0 spiro atoms. The zero-order valence-electron chi connectivity index (χ0n) is 10.7. The SMILES string of the molecule is N#Cc1cc(NCCc2ccc3c(c2)OCO3)ncn1. The predicted molar refractivity (Wildman–Crippen MR) is 71.5 cm³/mol. The molecule has 0 saturated carbocycles. The lowest BCUT2D eigenvalue weighted by molar-refractivity contribution is 0.174. The maximum Gasteiger partial charge on any atom is 0.231 e. The number of hydrogen-bond donors (Lipinski definition) is 1. The third-order valence-electron chi connectivity index (χ3n) is 2.94. The van der Waals surface area contributed by atoms with E-state index in [2.05, 4.69) is 15.3 Å². The van der Waals surface area contributed by atoms with Crippen LogP contribution in [0.15, 0.2) is 30.6 Å². The van der Waals surface area contributed by atoms with E-state index < -0.39 is 0 Å². The Kier molecular flexibility index (Phi) is 3.33. The van der Waals surface area contributed by atoms with E-state index >= 15 is 0 Å². The molecule has 2 heterocycles. The largest absolute Gasteiger partial charge is 0.454 e. The molecule has 2 aromatic rings. The number of hydrogen-bond acceptors (Lipinski definition) is 6. The number of aromatic nitrogens is 2. The molecule has 0 bridgehead atoms. The van der Waals surface area contributed by atoms with E-state index in [1.54, 1.807) is 6.07 Å². The molecule has 3 rings (SSSR count). The van der Waals surface area contributed by atoms with Crippen molar-refractivity contribution in [3.8, 4) is 17.6 Å². The van der Waals surface area contributed by atoms with Gasteiger partial charge in [0.05, 0.1) is 0 Å². The number of nitrogens with zero attached hydrogens (tertiary/aromatic N) is 3. The normalized spacial score (nSPS) is 11.9. The lowest BCUT2D eigenvalue weighted by Crippen LogP contribution is -2.06. The Morgan fingerprint density at radius 3 is 3.00 bits per heavy atom. The molecule has 20 heavy (non-hydrogen) atoms. The molecule has 0 radical (unpaired) electrons. The molecule has 1 aromatic carbocycles. The molecule has 1 aliphatic rings. The zero-order valence-corrected chi connectivity index (χ0v) is 10.7. The van der Waals surface area contributed by atoms with Crippen LogP contribution in [0, 0.1) is 11.3 Å². The summed E-state index contributed by atoms with van der Waals surface area (Å²) in [6, 6.07) is 9.51. The smallest absolute Gasteiger partial charge is 0.231 e. The van der Waals surface area contributed by atoms with Crippen LogP contribution in [0.4, 0.5) is 5.82 Å². The minimum absolute atomic E-state index is 0.287. The zero-order chi connectivity index (χ0) is 13.8. The van der Waals surface area contributed by atoms with Gasteiger partial charge in [0.25, 0.3) is 0 Å². The first-order valence-corrected chi connectivity index (χ1v) is 6.20. The molecule has 1 aliphatic heterocycles. The number of ether oxygens (including phenoxy) is 2. The molecule has 0 unspecified atom stereocenters. The second kappa shape index (κ2) is 5.45. The predicted octanol–water partition coefficient (Wildman–Crippen LogP) is 1.73. The van der Waals surface area contributed by atoms with Crippen LogP contribution in [0.25, 0.3) is 0 Å². The van der Waals surface area contributed by atoms with Crippen LogP contribution >= 0.6 is 0 Å². The second-order valence-corrected chi connectivity index (χ2v) is 4.26. The Balaban J connectivity index is 1.58. The van der Waals surface area contributed by atoms with Gasteiger partial charge >= 0.3 is 0 Å². The molecule has 0 aliphatic carbocycles. The Bertz CT molecular complexity index is 666. The average Bonchev–Trinajstić information content (AvgIpc) is 2.95. The van der Waals surface area contributed by atoms with Gasteiger partial charge in [-0.25, -0.2) is 9.97 Å². The third-order valence-corrected chi connectivity index (χ3v) is 2.94. The van der Waals surface area contributed by atoms with Crippen molar-refractivity contribution in [1.29, 1.82) is 5.26 Å². The molecule has 0 fully saturated rings. The molecule has 1 aromatic heterocycles.